The lowest BCUT2D eigenvalue weighted by Gasteiger charge is -2.00. The molecule has 16 heavy (non-hydrogen) atoms. The lowest BCUT2D eigenvalue weighted by Crippen LogP contribution is -2.04. The van der Waals surface area contributed by atoms with Gasteiger partial charge < -0.3 is 5.11 Å². The van der Waals surface area contributed by atoms with E-state index in [0.29, 0.717) is 11.6 Å². The van der Waals surface area contributed by atoms with Gasteiger partial charge in [0.15, 0.2) is 5.82 Å². The fourth-order valence-corrected chi connectivity index (χ4v) is 1.45. The van der Waals surface area contributed by atoms with Crippen molar-refractivity contribution in [2.24, 2.45) is 0 Å². The molecule has 0 radical (unpaired) electrons. The van der Waals surface area contributed by atoms with Crippen molar-refractivity contribution >= 4 is 11.7 Å². The van der Waals surface area contributed by atoms with Gasteiger partial charge in [0.2, 0.25) is 0 Å². The molecule has 0 aliphatic rings. The summed E-state index contributed by atoms with van der Waals surface area (Å²) in [6.07, 6.45) is 3.54. The van der Waals surface area contributed by atoms with Crippen LogP contribution in [-0.4, -0.2) is 30.7 Å². The Balaban J connectivity index is 2.35. The smallest absolute Gasteiger partial charge is 0.304 e. The number of carboxylic acid groups (broad SMARTS) is 1. The second kappa shape index (κ2) is 3.88. The summed E-state index contributed by atoms with van der Waals surface area (Å²) in [5.74, 6) is -0.0478. The van der Waals surface area contributed by atoms with Gasteiger partial charge in [-0.15, -0.1) is 5.10 Å². The normalized spacial score (nSPS) is 12.9. The first-order valence-corrected chi connectivity index (χ1v) is 4.97. The Morgan fingerprint density at radius 2 is 2.38 bits per heavy atom. The predicted octanol–water partition coefficient (Wildman–Crippen LogP) is 1.01. The van der Waals surface area contributed by atoms with E-state index in [2.05, 4.69) is 15.1 Å². The molecule has 1 unspecified atom stereocenters. The van der Waals surface area contributed by atoms with E-state index >= 15 is 0 Å². The van der Waals surface area contributed by atoms with Gasteiger partial charge in [-0.05, 0) is 12.5 Å². The molecule has 0 aromatic carbocycles. The third-order valence-corrected chi connectivity index (χ3v) is 2.26. The standard InChI is InChI=1S/C10H12N4O2/c1-6-4-11-10-12-9(13-14(10)5-6)7(2)3-8(15)16/h4-5,7H,3H2,1-2H3,(H,15,16). The number of fused-ring (bicyclic) bond motifs is 1. The maximum absolute atomic E-state index is 10.6. The van der Waals surface area contributed by atoms with Gasteiger partial charge in [0, 0.05) is 18.3 Å². The quantitative estimate of drug-likeness (QED) is 0.834. The number of carbonyl (C=O) groups is 1. The van der Waals surface area contributed by atoms with Gasteiger partial charge in [0.05, 0.1) is 6.42 Å². The average Bonchev–Trinajstić information content (AvgIpc) is 2.59. The maximum atomic E-state index is 10.6. The van der Waals surface area contributed by atoms with Crippen LogP contribution in [0.15, 0.2) is 12.4 Å². The largest absolute Gasteiger partial charge is 0.481 e. The average molecular weight is 220 g/mol. The van der Waals surface area contributed by atoms with Gasteiger partial charge in [-0.3, -0.25) is 4.79 Å². The number of hydrogen-bond acceptors (Lipinski definition) is 4. The summed E-state index contributed by atoms with van der Waals surface area (Å²) in [4.78, 5) is 18.9. The minimum absolute atomic E-state index is 0.0237. The minimum Gasteiger partial charge on any atom is -0.481 e. The number of hydrogen-bond donors (Lipinski definition) is 1. The van der Waals surface area contributed by atoms with Crippen molar-refractivity contribution in [3.8, 4) is 0 Å². The monoisotopic (exact) mass is 220 g/mol. The third kappa shape index (κ3) is 2.00. The maximum Gasteiger partial charge on any atom is 0.304 e. The Hall–Kier alpha value is -1.98. The Bertz CT molecular complexity index is 535. The Morgan fingerprint density at radius 1 is 1.62 bits per heavy atom. The lowest BCUT2D eigenvalue weighted by molar-refractivity contribution is -0.137. The summed E-state index contributed by atoms with van der Waals surface area (Å²) < 4.78 is 1.57. The van der Waals surface area contributed by atoms with Crippen LogP contribution in [0.4, 0.5) is 0 Å². The Kier molecular flexibility index (Phi) is 2.55. The van der Waals surface area contributed by atoms with E-state index < -0.39 is 5.97 Å². The molecule has 2 rings (SSSR count). The van der Waals surface area contributed by atoms with E-state index in [-0.39, 0.29) is 12.3 Å². The van der Waals surface area contributed by atoms with Crippen molar-refractivity contribution in [3.05, 3.63) is 23.8 Å². The fourth-order valence-electron chi connectivity index (χ4n) is 1.45. The van der Waals surface area contributed by atoms with Crippen molar-refractivity contribution in [3.63, 3.8) is 0 Å². The number of carboxylic acids is 1. The second-order valence-electron chi connectivity index (χ2n) is 3.84. The van der Waals surface area contributed by atoms with Gasteiger partial charge in [-0.1, -0.05) is 6.92 Å². The van der Waals surface area contributed by atoms with E-state index in [4.69, 9.17) is 5.11 Å². The topological polar surface area (TPSA) is 80.4 Å². The number of aryl methyl sites for hydroxylation is 1. The van der Waals surface area contributed by atoms with Crippen LogP contribution in [-0.2, 0) is 4.79 Å². The van der Waals surface area contributed by atoms with Crippen LogP contribution in [0.5, 0.6) is 0 Å². The third-order valence-electron chi connectivity index (χ3n) is 2.26. The molecule has 0 fully saturated rings. The molecule has 0 aliphatic heterocycles. The first-order chi connectivity index (χ1) is 7.56. The first-order valence-electron chi connectivity index (χ1n) is 4.97. The summed E-state index contributed by atoms with van der Waals surface area (Å²) >= 11 is 0. The SMILES string of the molecule is Cc1cnc2nc(C(C)CC(=O)O)nn2c1. The van der Waals surface area contributed by atoms with Gasteiger partial charge >= 0.3 is 5.97 Å². The molecule has 0 spiro atoms. The van der Waals surface area contributed by atoms with Gasteiger partial charge in [-0.2, -0.15) is 4.98 Å². The van der Waals surface area contributed by atoms with Gasteiger partial charge in [0.1, 0.15) is 0 Å². The van der Waals surface area contributed by atoms with Gasteiger partial charge in [-0.25, -0.2) is 9.50 Å². The zero-order chi connectivity index (χ0) is 11.7. The molecule has 6 nitrogen and oxygen atoms in total. The Labute approximate surface area is 92.0 Å². The summed E-state index contributed by atoms with van der Waals surface area (Å²) in [7, 11) is 0. The van der Waals surface area contributed by atoms with E-state index in [1.165, 1.54) is 0 Å². The van der Waals surface area contributed by atoms with Crippen molar-refractivity contribution in [1.29, 1.82) is 0 Å². The van der Waals surface area contributed by atoms with Crippen molar-refractivity contribution in [1.82, 2.24) is 19.6 Å². The molecule has 1 N–H and O–H groups in total. The minimum atomic E-state index is -0.851. The van der Waals surface area contributed by atoms with Crippen LogP contribution < -0.4 is 0 Å². The van der Waals surface area contributed by atoms with Crippen LogP contribution in [0.25, 0.3) is 5.78 Å². The molecule has 84 valence electrons. The molecular formula is C10H12N4O2. The van der Waals surface area contributed by atoms with E-state index in [1.807, 2.05) is 13.1 Å². The molecule has 1 atom stereocenters. The molecule has 2 aromatic heterocycles. The number of rotatable bonds is 3. The van der Waals surface area contributed by atoms with Crippen molar-refractivity contribution < 1.29 is 9.90 Å². The predicted molar refractivity (Wildman–Crippen MR) is 56.2 cm³/mol. The molecule has 0 bridgehead atoms. The van der Waals surface area contributed by atoms with E-state index in [1.54, 1.807) is 17.6 Å². The molecular weight excluding hydrogens is 208 g/mol. The molecule has 0 amide bonds. The van der Waals surface area contributed by atoms with Crippen LogP contribution in [0.2, 0.25) is 0 Å². The summed E-state index contributed by atoms with van der Waals surface area (Å²) in [6, 6.07) is 0. The molecule has 6 heteroatoms. The van der Waals surface area contributed by atoms with Crippen LogP contribution >= 0.6 is 0 Å². The lowest BCUT2D eigenvalue weighted by atomic mass is 10.1. The van der Waals surface area contributed by atoms with Gasteiger partial charge in [0.25, 0.3) is 5.78 Å². The van der Waals surface area contributed by atoms with Crippen molar-refractivity contribution in [2.45, 2.75) is 26.2 Å². The second-order valence-corrected chi connectivity index (χ2v) is 3.84. The Morgan fingerprint density at radius 3 is 3.06 bits per heavy atom. The molecule has 0 saturated carbocycles. The number of aromatic nitrogens is 4. The molecule has 2 aromatic rings. The van der Waals surface area contributed by atoms with Crippen LogP contribution in [0.1, 0.15) is 30.7 Å². The highest BCUT2D eigenvalue weighted by molar-refractivity contribution is 5.67. The summed E-state index contributed by atoms with van der Waals surface area (Å²) in [5, 5.41) is 12.9. The highest BCUT2D eigenvalue weighted by Gasteiger charge is 2.15. The van der Waals surface area contributed by atoms with Crippen molar-refractivity contribution in [2.75, 3.05) is 0 Å². The highest BCUT2D eigenvalue weighted by Crippen LogP contribution is 2.15. The van der Waals surface area contributed by atoms with E-state index in [9.17, 15) is 4.79 Å². The first kappa shape index (κ1) is 10.5. The molecule has 0 saturated heterocycles. The number of aliphatic carboxylic acids is 1. The van der Waals surface area contributed by atoms with Crippen LogP contribution in [0, 0.1) is 6.92 Å². The van der Waals surface area contributed by atoms with E-state index in [0.717, 1.165) is 5.56 Å². The molecule has 2 heterocycles. The summed E-state index contributed by atoms with van der Waals surface area (Å²) in [6.45, 7) is 3.70. The zero-order valence-electron chi connectivity index (χ0n) is 9.08. The highest BCUT2D eigenvalue weighted by atomic mass is 16.4. The fraction of sp³-hybridized carbons (Fsp3) is 0.400. The zero-order valence-corrected chi connectivity index (χ0v) is 9.08. The number of nitrogens with zero attached hydrogens (tertiary/aromatic N) is 4. The van der Waals surface area contributed by atoms with Crippen LogP contribution in [0.3, 0.4) is 0 Å². The summed E-state index contributed by atoms with van der Waals surface area (Å²) in [5.41, 5.74) is 0.981. The molecule has 0 aliphatic carbocycles.